The number of aromatic nitrogens is 1. The van der Waals surface area contributed by atoms with Crippen molar-refractivity contribution in [3.63, 3.8) is 0 Å². The van der Waals surface area contributed by atoms with E-state index in [4.69, 9.17) is 21.2 Å². The maximum absolute atomic E-state index is 14.4. The molecule has 2 saturated heterocycles. The number of thiazole rings is 1. The van der Waals surface area contributed by atoms with Crippen LogP contribution in [0.3, 0.4) is 0 Å². The molecule has 1 aromatic carbocycles. The first-order chi connectivity index (χ1) is 16.9. The molecule has 35 heavy (non-hydrogen) atoms. The Morgan fingerprint density at radius 2 is 2.20 bits per heavy atom. The molecule has 4 rings (SSSR count). The maximum Gasteiger partial charge on any atom is 0.277 e. The zero-order chi connectivity index (χ0) is 24.9. The number of benzene rings is 1. The van der Waals surface area contributed by atoms with Crippen molar-refractivity contribution in [3.8, 4) is 10.6 Å². The molecular weight excluding hydrogens is 471 g/mol. The van der Waals surface area contributed by atoms with Crippen LogP contribution < -0.4 is 16.8 Å². The average molecular weight is 503 g/mol. The number of nitrogen functional groups attached to an aromatic ring is 1. The number of aliphatic hydroxyl groups excluding tert-OH is 1. The summed E-state index contributed by atoms with van der Waals surface area (Å²) in [5, 5.41) is 13.4. The number of ether oxygens (including phenoxy) is 1. The van der Waals surface area contributed by atoms with Gasteiger partial charge in [-0.1, -0.05) is 23.0 Å². The van der Waals surface area contributed by atoms with Crippen molar-refractivity contribution in [2.24, 2.45) is 16.6 Å². The molecular formula is C24H31FN6O3S. The van der Waals surface area contributed by atoms with Crippen LogP contribution in [0.2, 0.25) is 0 Å². The van der Waals surface area contributed by atoms with Crippen LogP contribution in [0.15, 0.2) is 35.1 Å². The molecule has 11 heteroatoms. The average Bonchev–Trinajstić information content (AvgIpc) is 3.06. The van der Waals surface area contributed by atoms with Crippen molar-refractivity contribution < 1.29 is 19.0 Å². The number of aliphatic imine (C=N–C) groups is 1. The van der Waals surface area contributed by atoms with E-state index in [1.54, 1.807) is 12.1 Å². The minimum atomic E-state index is -0.552. The van der Waals surface area contributed by atoms with E-state index >= 15 is 0 Å². The first kappa shape index (κ1) is 25.1. The number of nitrogens with zero attached hydrogens (tertiary/aromatic N) is 3. The van der Waals surface area contributed by atoms with Crippen LogP contribution in [0.1, 0.15) is 35.3 Å². The molecule has 0 saturated carbocycles. The van der Waals surface area contributed by atoms with Gasteiger partial charge in [-0.25, -0.2) is 9.37 Å². The normalized spacial score (nSPS) is 19.9. The van der Waals surface area contributed by atoms with E-state index in [0.717, 1.165) is 23.3 Å². The summed E-state index contributed by atoms with van der Waals surface area (Å²) in [4.78, 5) is 24.3. The van der Waals surface area contributed by atoms with Crippen LogP contribution in [0.4, 0.5) is 9.39 Å². The van der Waals surface area contributed by atoms with Crippen molar-refractivity contribution in [1.29, 1.82) is 0 Å². The lowest BCUT2D eigenvalue weighted by molar-refractivity contribution is -0.0266. The fraction of sp³-hybridized carbons (Fsp3) is 0.458. The van der Waals surface area contributed by atoms with Gasteiger partial charge in [-0.2, -0.15) is 0 Å². The molecule has 2 fully saturated rings. The predicted octanol–water partition coefficient (Wildman–Crippen LogP) is 2.26. The Hall–Kier alpha value is -3.02. The first-order valence-electron chi connectivity index (χ1n) is 11.7. The SMILES string of the molecule is Cc1ccc(F)c(-c2nc(C(=O)N/C(=C/N)C(=NCC3COC3)N3CCCC(O)CC3)c(N)s2)c1. The molecule has 0 radical (unpaired) electrons. The number of carbonyl (C=O) groups excluding carboxylic acids is 1. The summed E-state index contributed by atoms with van der Waals surface area (Å²) in [5.41, 5.74) is 13.5. The number of hydrogen-bond acceptors (Lipinski definition) is 8. The number of hydrogen-bond donors (Lipinski definition) is 4. The minimum absolute atomic E-state index is 0.00304. The summed E-state index contributed by atoms with van der Waals surface area (Å²) < 4.78 is 19.6. The quantitative estimate of drug-likeness (QED) is 0.351. The number of anilines is 1. The van der Waals surface area contributed by atoms with Crippen LogP contribution in [-0.2, 0) is 4.74 Å². The van der Waals surface area contributed by atoms with Crippen LogP contribution >= 0.6 is 11.3 Å². The number of rotatable bonds is 6. The van der Waals surface area contributed by atoms with Gasteiger partial charge in [0, 0.05) is 37.3 Å². The number of aliphatic hydroxyl groups is 1. The highest BCUT2D eigenvalue weighted by molar-refractivity contribution is 7.19. The van der Waals surface area contributed by atoms with Gasteiger partial charge in [0.05, 0.1) is 25.0 Å². The molecule has 0 spiro atoms. The molecule has 188 valence electrons. The second kappa shape index (κ2) is 11.1. The van der Waals surface area contributed by atoms with Crippen LogP contribution in [0.25, 0.3) is 10.6 Å². The topological polar surface area (TPSA) is 139 Å². The van der Waals surface area contributed by atoms with E-state index in [1.807, 2.05) is 11.8 Å². The largest absolute Gasteiger partial charge is 0.403 e. The summed E-state index contributed by atoms with van der Waals surface area (Å²) in [6.07, 6.45) is 3.04. The van der Waals surface area contributed by atoms with Crippen LogP contribution in [0, 0.1) is 18.7 Å². The summed E-state index contributed by atoms with van der Waals surface area (Å²) in [7, 11) is 0. The van der Waals surface area contributed by atoms with E-state index < -0.39 is 11.7 Å². The van der Waals surface area contributed by atoms with Gasteiger partial charge in [0.15, 0.2) is 5.69 Å². The second-order valence-electron chi connectivity index (χ2n) is 8.89. The van der Waals surface area contributed by atoms with E-state index in [2.05, 4.69) is 10.3 Å². The van der Waals surface area contributed by atoms with Gasteiger partial charge in [0.25, 0.3) is 5.91 Å². The number of nitrogens with two attached hydrogens (primary N) is 2. The lowest BCUT2D eigenvalue weighted by Crippen LogP contribution is -2.41. The second-order valence-corrected chi connectivity index (χ2v) is 9.92. The Morgan fingerprint density at radius 3 is 2.91 bits per heavy atom. The van der Waals surface area contributed by atoms with Crippen molar-refractivity contribution in [2.75, 3.05) is 38.6 Å². The van der Waals surface area contributed by atoms with Gasteiger partial charge < -0.3 is 31.5 Å². The highest BCUT2D eigenvalue weighted by atomic mass is 32.1. The van der Waals surface area contributed by atoms with Gasteiger partial charge in [0.1, 0.15) is 21.7 Å². The molecule has 1 atom stereocenters. The molecule has 2 aliphatic heterocycles. The van der Waals surface area contributed by atoms with Crippen LogP contribution in [-0.4, -0.2) is 65.7 Å². The molecule has 1 unspecified atom stereocenters. The Bertz CT molecular complexity index is 1130. The Labute approximate surface area is 207 Å². The lowest BCUT2D eigenvalue weighted by Gasteiger charge is -2.28. The molecule has 1 aromatic heterocycles. The van der Waals surface area contributed by atoms with Gasteiger partial charge in [-0.3, -0.25) is 9.79 Å². The molecule has 1 amide bonds. The van der Waals surface area contributed by atoms with Gasteiger partial charge >= 0.3 is 0 Å². The fourth-order valence-electron chi connectivity index (χ4n) is 4.02. The predicted molar refractivity (Wildman–Crippen MR) is 134 cm³/mol. The van der Waals surface area contributed by atoms with Crippen molar-refractivity contribution >= 4 is 28.1 Å². The van der Waals surface area contributed by atoms with Gasteiger partial charge in [-0.05, 0) is 38.3 Å². The van der Waals surface area contributed by atoms with E-state index in [0.29, 0.717) is 73.7 Å². The van der Waals surface area contributed by atoms with Crippen molar-refractivity contribution in [2.45, 2.75) is 32.3 Å². The molecule has 0 aliphatic carbocycles. The van der Waals surface area contributed by atoms with Gasteiger partial charge in [-0.15, -0.1) is 0 Å². The van der Waals surface area contributed by atoms with Crippen molar-refractivity contribution in [1.82, 2.24) is 15.2 Å². The summed E-state index contributed by atoms with van der Waals surface area (Å²) in [6.45, 7) is 4.96. The Kier molecular flexibility index (Phi) is 7.99. The number of likely N-dealkylation sites (tertiary alicyclic amines) is 1. The Morgan fingerprint density at radius 1 is 1.40 bits per heavy atom. The molecule has 2 aliphatic rings. The molecule has 3 heterocycles. The number of nitrogens with one attached hydrogen (secondary N) is 1. The maximum atomic E-state index is 14.4. The molecule has 0 bridgehead atoms. The molecule has 9 nitrogen and oxygen atoms in total. The third-order valence-electron chi connectivity index (χ3n) is 6.08. The summed E-state index contributed by atoms with van der Waals surface area (Å²) in [5.74, 6) is -0.111. The minimum Gasteiger partial charge on any atom is -0.403 e. The highest BCUT2D eigenvalue weighted by Crippen LogP contribution is 2.32. The standard InChI is InChI=1S/C24H31FN6O3S/c1-14-4-5-18(25)17(9-14)24-30-20(21(27)35-24)23(33)29-19(10-26)22(28-11-15-12-34-13-15)31-7-2-3-16(32)6-8-31/h4-5,9-10,15-16,32H,2-3,6-8,11-13,26-27H2,1H3,(H,29,33)/b19-10+,28-22?. The van der Waals surface area contributed by atoms with Crippen molar-refractivity contribution in [3.05, 3.63) is 47.2 Å². The zero-order valence-corrected chi connectivity index (χ0v) is 20.5. The zero-order valence-electron chi connectivity index (χ0n) is 19.7. The van der Waals surface area contributed by atoms with Crippen LogP contribution in [0.5, 0.6) is 0 Å². The van der Waals surface area contributed by atoms with E-state index in [1.165, 1.54) is 12.3 Å². The monoisotopic (exact) mass is 502 g/mol. The number of amides is 1. The third kappa shape index (κ3) is 5.98. The number of halogens is 1. The van der Waals surface area contributed by atoms with Gasteiger partial charge in [0.2, 0.25) is 0 Å². The highest BCUT2D eigenvalue weighted by Gasteiger charge is 2.26. The number of carbonyl (C=O) groups is 1. The first-order valence-corrected chi connectivity index (χ1v) is 12.5. The number of aryl methyl sites for hydroxylation is 1. The third-order valence-corrected chi connectivity index (χ3v) is 7.00. The summed E-state index contributed by atoms with van der Waals surface area (Å²) in [6, 6.07) is 4.70. The molecule has 6 N–H and O–H groups in total. The molecule has 2 aromatic rings. The fourth-order valence-corrected chi connectivity index (χ4v) is 4.86. The Balaban J connectivity index is 1.56. The number of amidine groups is 1. The smallest absolute Gasteiger partial charge is 0.277 e. The lowest BCUT2D eigenvalue weighted by atomic mass is 10.1. The summed E-state index contributed by atoms with van der Waals surface area (Å²) >= 11 is 1.05. The van der Waals surface area contributed by atoms with E-state index in [9.17, 15) is 14.3 Å². The van der Waals surface area contributed by atoms with E-state index in [-0.39, 0.29) is 16.8 Å².